The Bertz CT molecular complexity index is 233. The average molecular weight is 216 g/mol. The number of aliphatic hydroxyl groups is 1. The summed E-state index contributed by atoms with van der Waals surface area (Å²) in [5.41, 5.74) is 0. The summed E-state index contributed by atoms with van der Waals surface area (Å²) in [6.07, 6.45) is 5.49. The molecule has 2 fully saturated rings. The van der Waals surface area contributed by atoms with Gasteiger partial charge in [-0.15, -0.1) is 0 Å². The molecule has 0 aromatic carbocycles. The van der Waals surface area contributed by atoms with Crippen molar-refractivity contribution in [2.24, 2.45) is 5.92 Å². The van der Waals surface area contributed by atoms with Crippen molar-refractivity contribution in [3.05, 3.63) is 0 Å². The van der Waals surface area contributed by atoms with Crippen LogP contribution in [0.15, 0.2) is 0 Å². The summed E-state index contributed by atoms with van der Waals surface area (Å²) in [6.45, 7) is 1.84. The average Bonchev–Trinajstić information content (AvgIpc) is 2.38. The smallest absolute Gasteiger partial charge is 0.202 e. The van der Waals surface area contributed by atoms with Gasteiger partial charge in [-0.1, -0.05) is 6.42 Å². The molecule has 1 N–H and O–H groups in total. The lowest BCUT2D eigenvalue weighted by molar-refractivity contribution is -0.494. The minimum atomic E-state index is -1.09. The minimum absolute atomic E-state index is 0.184. The molecular weight excluding hydrogens is 196 g/mol. The third-order valence-corrected chi connectivity index (χ3v) is 3.72. The number of hydrogen-bond donors (Lipinski definition) is 1. The minimum Gasteiger partial charge on any atom is -0.363 e. The van der Waals surface area contributed by atoms with E-state index in [0.717, 1.165) is 25.7 Å². The van der Waals surface area contributed by atoms with Crippen molar-refractivity contribution in [3.63, 3.8) is 0 Å². The fourth-order valence-corrected chi connectivity index (χ4v) is 2.45. The number of hydrogen-bond acceptors (Lipinski definition) is 4. The van der Waals surface area contributed by atoms with Crippen molar-refractivity contribution >= 4 is 0 Å². The lowest BCUT2D eigenvalue weighted by Crippen LogP contribution is -2.42. The molecule has 1 heterocycles. The quantitative estimate of drug-likeness (QED) is 0.681. The van der Waals surface area contributed by atoms with Crippen LogP contribution in [0.25, 0.3) is 0 Å². The maximum atomic E-state index is 10.3. The highest BCUT2D eigenvalue weighted by atomic mass is 17.3. The van der Waals surface area contributed by atoms with E-state index < -0.39 is 11.6 Å². The number of methoxy groups -OCH3 is 1. The Morgan fingerprint density at radius 3 is 2.73 bits per heavy atom. The molecule has 0 spiro atoms. The second kappa shape index (κ2) is 4.01. The zero-order chi connectivity index (χ0) is 10.9. The summed E-state index contributed by atoms with van der Waals surface area (Å²) < 4.78 is 5.25. The van der Waals surface area contributed by atoms with Crippen LogP contribution >= 0.6 is 0 Å². The van der Waals surface area contributed by atoms with Crippen molar-refractivity contribution < 1.29 is 19.6 Å². The molecule has 0 bridgehead atoms. The molecule has 1 aliphatic heterocycles. The zero-order valence-electron chi connectivity index (χ0n) is 9.49. The van der Waals surface area contributed by atoms with Crippen molar-refractivity contribution in [1.82, 2.24) is 0 Å². The van der Waals surface area contributed by atoms with Crippen LogP contribution in [0, 0.1) is 5.92 Å². The molecular formula is C11H20O4. The van der Waals surface area contributed by atoms with Crippen molar-refractivity contribution in [3.8, 4) is 0 Å². The molecule has 15 heavy (non-hydrogen) atoms. The van der Waals surface area contributed by atoms with Crippen molar-refractivity contribution in [2.75, 3.05) is 7.11 Å². The van der Waals surface area contributed by atoms with E-state index in [1.807, 2.05) is 6.92 Å². The summed E-state index contributed by atoms with van der Waals surface area (Å²) in [6, 6.07) is 0. The molecule has 3 atom stereocenters. The molecule has 1 aliphatic carbocycles. The Morgan fingerprint density at radius 1 is 1.20 bits per heavy atom. The predicted molar refractivity (Wildman–Crippen MR) is 53.7 cm³/mol. The highest BCUT2D eigenvalue weighted by Crippen LogP contribution is 2.42. The van der Waals surface area contributed by atoms with Gasteiger partial charge in [-0.05, 0) is 26.2 Å². The van der Waals surface area contributed by atoms with E-state index in [0.29, 0.717) is 6.42 Å². The normalized spacial score (nSPS) is 47.0. The van der Waals surface area contributed by atoms with Gasteiger partial charge in [-0.3, -0.25) is 0 Å². The summed E-state index contributed by atoms with van der Waals surface area (Å²) in [5.74, 6) is -1.62. The van der Waals surface area contributed by atoms with Gasteiger partial charge in [0.2, 0.25) is 5.79 Å². The molecule has 4 heteroatoms. The van der Waals surface area contributed by atoms with Gasteiger partial charge in [0.25, 0.3) is 0 Å². The van der Waals surface area contributed by atoms with E-state index in [9.17, 15) is 5.11 Å². The van der Waals surface area contributed by atoms with Crippen LogP contribution < -0.4 is 0 Å². The summed E-state index contributed by atoms with van der Waals surface area (Å²) in [5, 5.41) is 10.3. The second-order valence-electron chi connectivity index (χ2n) is 4.83. The van der Waals surface area contributed by atoms with E-state index >= 15 is 0 Å². The lowest BCUT2D eigenvalue weighted by Gasteiger charge is -2.36. The van der Waals surface area contributed by atoms with Gasteiger partial charge >= 0.3 is 0 Å². The molecule has 4 nitrogen and oxygen atoms in total. The molecule has 0 aromatic rings. The highest BCUT2D eigenvalue weighted by Gasteiger charge is 2.46. The maximum Gasteiger partial charge on any atom is 0.202 e. The SMILES string of the molecule is COC1(C)CCC2CCCCC2(O)OO1. The first kappa shape index (κ1) is 11.3. The Labute approximate surface area is 90.4 Å². The fraction of sp³-hybridized carbons (Fsp3) is 1.00. The van der Waals surface area contributed by atoms with Gasteiger partial charge in [-0.25, -0.2) is 0 Å². The molecule has 88 valence electrons. The third kappa shape index (κ3) is 2.18. The van der Waals surface area contributed by atoms with Gasteiger partial charge < -0.3 is 9.84 Å². The van der Waals surface area contributed by atoms with Crippen LogP contribution in [0.2, 0.25) is 0 Å². The summed E-state index contributed by atoms with van der Waals surface area (Å²) in [4.78, 5) is 10.5. The zero-order valence-corrected chi connectivity index (χ0v) is 9.49. The summed E-state index contributed by atoms with van der Waals surface area (Å²) in [7, 11) is 1.60. The lowest BCUT2D eigenvalue weighted by atomic mass is 9.80. The topological polar surface area (TPSA) is 47.9 Å². The Morgan fingerprint density at radius 2 is 2.00 bits per heavy atom. The standard InChI is InChI=1S/C11H20O4/c1-10(13-2)8-6-9-5-3-4-7-11(9,12)15-14-10/h9,12H,3-8H2,1-2H3. The monoisotopic (exact) mass is 216 g/mol. The molecule has 3 unspecified atom stereocenters. The fourth-order valence-electron chi connectivity index (χ4n) is 2.45. The molecule has 0 amide bonds. The van der Waals surface area contributed by atoms with Crippen LogP contribution in [0.1, 0.15) is 45.4 Å². The molecule has 2 rings (SSSR count). The first-order valence-electron chi connectivity index (χ1n) is 5.72. The Hall–Kier alpha value is -0.160. The Kier molecular flexibility index (Phi) is 3.03. The van der Waals surface area contributed by atoms with Crippen LogP contribution in [-0.2, 0) is 14.5 Å². The van der Waals surface area contributed by atoms with Crippen molar-refractivity contribution in [1.29, 1.82) is 0 Å². The first-order chi connectivity index (χ1) is 7.08. The van der Waals surface area contributed by atoms with E-state index in [2.05, 4.69) is 0 Å². The van der Waals surface area contributed by atoms with Crippen molar-refractivity contribution in [2.45, 2.75) is 57.0 Å². The maximum absolute atomic E-state index is 10.3. The summed E-state index contributed by atoms with van der Waals surface area (Å²) >= 11 is 0. The molecule has 0 aromatic heterocycles. The van der Waals surface area contributed by atoms with E-state index in [4.69, 9.17) is 14.5 Å². The van der Waals surface area contributed by atoms with Gasteiger partial charge in [0.15, 0.2) is 5.79 Å². The van der Waals surface area contributed by atoms with Gasteiger partial charge in [0.05, 0.1) is 0 Å². The second-order valence-corrected chi connectivity index (χ2v) is 4.83. The van der Waals surface area contributed by atoms with Crippen LogP contribution in [0.5, 0.6) is 0 Å². The highest BCUT2D eigenvalue weighted by molar-refractivity contribution is 4.84. The molecule has 1 saturated heterocycles. The van der Waals surface area contributed by atoms with Gasteiger partial charge in [0.1, 0.15) is 0 Å². The number of ether oxygens (including phenoxy) is 1. The van der Waals surface area contributed by atoms with Gasteiger partial charge in [-0.2, -0.15) is 9.78 Å². The van der Waals surface area contributed by atoms with Crippen LogP contribution in [-0.4, -0.2) is 23.8 Å². The Balaban J connectivity index is 2.09. The van der Waals surface area contributed by atoms with Gasteiger partial charge in [0, 0.05) is 25.9 Å². The molecule has 2 aliphatic rings. The first-order valence-corrected chi connectivity index (χ1v) is 5.72. The largest absolute Gasteiger partial charge is 0.363 e. The number of fused-ring (bicyclic) bond motifs is 1. The molecule has 1 saturated carbocycles. The van der Waals surface area contributed by atoms with Crippen LogP contribution in [0.4, 0.5) is 0 Å². The van der Waals surface area contributed by atoms with Crippen LogP contribution in [0.3, 0.4) is 0 Å². The molecule has 0 radical (unpaired) electrons. The number of rotatable bonds is 1. The van der Waals surface area contributed by atoms with E-state index in [1.165, 1.54) is 6.42 Å². The van der Waals surface area contributed by atoms with E-state index in [-0.39, 0.29) is 5.92 Å². The predicted octanol–water partition coefficient (Wildman–Crippen LogP) is 1.97. The van der Waals surface area contributed by atoms with E-state index in [1.54, 1.807) is 7.11 Å². The third-order valence-electron chi connectivity index (χ3n) is 3.72.